The highest BCUT2D eigenvalue weighted by Gasteiger charge is 2.34. The zero-order valence-electron chi connectivity index (χ0n) is 10.1. The summed E-state index contributed by atoms with van der Waals surface area (Å²) < 4.78 is 0.628. The van der Waals surface area contributed by atoms with Gasteiger partial charge in [0.05, 0.1) is 10.2 Å². The summed E-state index contributed by atoms with van der Waals surface area (Å²) >= 11 is 3.34. The standard InChI is InChI=1S/C11H14BrN3O3/c1-11(2,10(17)18)13-9(16)8-6(12)7(14-15-8)5-3-4-5/h5H,3-4H2,1-2H3,(H,13,16)(H,14,15)(H,17,18). The van der Waals surface area contributed by atoms with E-state index in [1.54, 1.807) is 0 Å². The third-order valence-electron chi connectivity index (χ3n) is 2.89. The molecule has 1 heterocycles. The topological polar surface area (TPSA) is 95.1 Å². The molecule has 0 atom stereocenters. The zero-order chi connectivity index (χ0) is 13.5. The number of aliphatic carboxylic acids is 1. The minimum absolute atomic E-state index is 0.200. The molecule has 1 saturated carbocycles. The molecule has 18 heavy (non-hydrogen) atoms. The number of carbonyl (C=O) groups excluding carboxylic acids is 1. The maximum absolute atomic E-state index is 12.0. The van der Waals surface area contributed by atoms with E-state index in [1.165, 1.54) is 13.8 Å². The Kier molecular flexibility index (Phi) is 3.18. The van der Waals surface area contributed by atoms with Crippen molar-refractivity contribution >= 4 is 27.8 Å². The lowest BCUT2D eigenvalue weighted by molar-refractivity contribution is -0.143. The third kappa shape index (κ3) is 2.40. The molecular weight excluding hydrogens is 302 g/mol. The van der Waals surface area contributed by atoms with Crippen molar-refractivity contribution in [1.29, 1.82) is 0 Å². The Hall–Kier alpha value is -1.37. The number of nitrogens with zero attached hydrogens (tertiary/aromatic N) is 1. The summed E-state index contributed by atoms with van der Waals surface area (Å²) in [5, 5.41) is 18.2. The lowest BCUT2D eigenvalue weighted by atomic mass is 10.1. The molecule has 0 saturated heterocycles. The normalized spacial score (nSPS) is 15.5. The number of halogens is 1. The van der Waals surface area contributed by atoms with Gasteiger partial charge < -0.3 is 10.4 Å². The Morgan fingerprint density at radius 3 is 2.61 bits per heavy atom. The van der Waals surface area contributed by atoms with E-state index < -0.39 is 17.4 Å². The number of nitrogens with one attached hydrogen (secondary N) is 2. The van der Waals surface area contributed by atoms with E-state index >= 15 is 0 Å². The molecule has 1 aliphatic rings. The van der Waals surface area contributed by atoms with Crippen molar-refractivity contribution in [3.05, 3.63) is 15.9 Å². The first kappa shape index (κ1) is 13.1. The Morgan fingerprint density at radius 2 is 2.11 bits per heavy atom. The van der Waals surface area contributed by atoms with Gasteiger partial charge >= 0.3 is 5.97 Å². The Labute approximate surface area is 112 Å². The number of carboxylic acids is 1. The molecule has 98 valence electrons. The number of hydrogen-bond acceptors (Lipinski definition) is 3. The third-order valence-corrected chi connectivity index (χ3v) is 3.70. The first-order valence-corrected chi connectivity index (χ1v) is 6.42. The number of amides is 1. The quantitative estimate of drug-likeness (QED) is 0.787. The largest absolute Gasteiger partial charge is 0.480 e. The summed E-state index contributed by atoms with van der Waals surface area (Å²) in [5.74, 6) is -1.16. The predicted molar refractivity (Wildman–Crippen MR) is 67.4 cm³/mol. The predicted octanol–water partition coefficient (Wildman–Crippen LogP) is 1.64. The molecule has 7 heteroatoms. The number of carbonyl (C=O) groups is 2. The molecule has 0 unspecified atom stereocenters. The lowest BCUT2D eigenvalue weighted by Gasteiger charge is -2.20. The fraction of sp³-hybridized carbons (Fsp3) is 0.545. The first-order valence-electron chi connectivity index (χ1n) is 5.62. The van der Waals surface area contributed by atoms with Crippen LogP contribution in [0.1, 0.15) is 48.8 Å². The molecule has 1 aliphatic carbocycles. The van der Waals surface area contributed by atoms with E-state index in [2.05, 4.69) is 31.4 Å². The number of H-pyrrole nitrogens is 1. The van der Waals surface area contributed by atoms with Crippen molar-refractivity contribution in [1.82, 2.24) is 15.5 Å². The highest BCUT2D eigenvalue weighted by atomic mass is 79.9. The number of aromatic amines is 1. The molecule has 0 aromatic carbocycles. The summed E-state index contributed by atoms with van der Waals surface area (Å²) in [7, 11) is 0. The van der Waals surface area contributed by atoms with Crippen molar-refractivity contribution in [3.8, 4) is 0 Å². The van der Waals surface area contributed by atoms with Gasteiger partial charge in [0, 0.05) is 5.92 Å². The van der Waals surface area contributed by atoms with Crippen LogP contribution in [0.5, 0.6) is 0 Å². The molecule has 0 radical (unpaired) electrons. The van der Waals surface area contributed by atoms with Gasteiger partial charge in [-0.05, 0) is 42.6 Å². The average Bonchev–Trinajstić information content (AvgIpc) is 3.01. The molecule has 0 spiro atoms. The summed E-state index contributed by atoms with van der Waals surface area (Å²) in [5.41, 5.74) is -0.214. The van der Waals surface area contributed by atoms with Crippen LogP contribution < -0.4 is 5.32 Å². The summed E-state index contributed by atoms with van der Waals surface area (Å²) in [6, 6.07) is 0. The second-order valence-corrected chi connectivity index (χ2v) is 5.75. The molecule has 2 rings (SSSR count). The Morgan fingerprint density at radius 1 is 1.50 bits per heavy atom. The van der Waals surface area contributed by atoms with Gasteiger partial charge in [0.15, 0.2) is 5.69 Å². The van der Waals surface area contributed by atoms with Gasteiger partial charge in [0.2, 0.25) is 0 Å². The number of aromatic nitrogens is 2. The van der Waals surface area contributed by atoms with Gasteiger partial charge in [-0.15, -0.1) is 0 Å². The van der Waals surface area contributed by atoms with E-state index in [0.717, 1.165) is 18.5 Å². The molecule has 0 aliphatic heterocycles. The highest BCUT2D eigenvalue weighted by molar-refractivity contribution is 9.10. The summed E-state index contributed by atoms with van der Waals surface area (Å²) in [4.78, 5) is 22.9. The second kappa shape index (κ2) is 4.38. The van der Waals surface area contributed by atoms with Gasteiger partial charge in [-0.25, -0.2) is 4.79 Å². The molecule has 0 bridgehead atoms. The van der Waals surface area contributed by atoms with Crippen LogP contribution in [-0.4, -0.2) is 32.7 Å². The Bertz CT molecular complexity index is 506. The van der Waals surface area contributed by atoms with Crippen LogP contribution in [0.2, 0.25) is 0 Å². The zero-order valence-corrected chi connectivity index (χ0v) is 11.7. The fourth-order valence-corrected chi connectivity index (χ4v) is 2.21. The maximum Gasteiger partial charge on any atom is 0.328 e. The molecule has 1 aromatic heterocycles. The van der Waals surface area contributed by atoms with Crippen molar-refractivity contribution in [3.63, 3.8) is 0 Å². The van der Waals surface area contributed by atoms with Crippen molar-refractivity contribution < 1.29 is 14.7 Å². The number of hydrogen-bond donors (Lipinski definition) is 3. The van der Waals surface area contributed by atoms with Gasteiger partial charge in [-0.3, -0.25) is 9.89 Å². The molecule has 1 aromatic rings. The van der Waals surface area contributed by atoms with Crippen LogP contribution in [0.3, 0.4) is 0 Å². The number of rotatable bonds is 4. The number of carboxylic acid groups (broad SMARTS) is 1. The molecule has 1 fully saturated rings. The van der Waals surface area contributed by atoms with Crippen molar-refractivity contribution in [2.75, 3.05) is 0 Å². The van der Waals surface area contributed by atoms with Crippen LogP contribution in [0.25, 0.3) is 0 Å². The fourth-order valence-electron chi connectivity index (χ4n) is 1.53. The minimum Gasteiger partial charge on any atom is -0.480 e. The summed E-state index contributed by atoms with van der Waals surface area (Å²) in [6.07, 6.45) is 2.17. The van der Waals surface area contributed by atoms with E-state index in [9.17, 15) is 9.59 Å². The van der Waals surface area contributed by atoms with Gasteiger partial charge in [0.1, 0.15) is 5.54 Å². The first-order chi connectivity index (χ1) is 8.33. The molecule has 6 nitrogen and oxygen atoms in total. The monoisotopic (exact) mass is 315 g/mol. The van der Waals surface area contributed by atoms with E-state index in [1.807, 2.05) is 0 Å². The molecule has 1 amide bonds. The van der Waals surface area contributed by atoms with Gasteiger partial charge in [-0.2, -0.15) is 5.10 Å². The van der Waals surface area contributed by atoms with Crippen LogP contribution in [0, 0.1) is 0 Å². The van der Waals surface area contributed by atoms with Gasteiger partial charge in [-0.1, -0.05) is 0 Å². The summed E-state index contributed by atoms with van der Waals surface area (Å²) in [6.45, 7) is 2.85. The minimum atomic E-state index is -1.32. The lowest BCUT2D eigenvalue weighted by Crippen LogP contribution is -2.49. The molecule has 3 N–H and O–H groups in total. The second-order valence-electron chi connectivity index (χ2n) is 4.96. The van der Waals surface area contributed by atoms with Crippen LogP contribution in [0.15, 0.2) is 4.47 Å². The van der Waals surface area contributed by atoms with Crippen molar-refractivity contribution in [2.45, 2.75) is 38.1 Å². The average molecular weight is 316 g/mol. The smallest absolute Gasteiger partial charge is 0.328 e. The van der Waals surface area contributed by atoms with Crippen LogP contribution >= 0.6 is 15.9 Å². The maximum atomic E-state index is 12.0. The van der Waals surface area contributed by atoms with Crippen molar-refractivity contribution in [2.24, 2.45) is 0 Å². The Balaban J connectivity index is 2.16. The van der Waals surface area contributed by atoms with E-state index in [-0.39, 0.29) is 5.69 Å². The van der Waals surface area contributed by atoms with Crippen LogP contribution in [-0.2, 0) is 4.79 Å². The van der Waals surface area contributed by atoms with Crippen LogP contribution in [0.4, 0.5) is 0 Å². The van der Waals surface area contributed by atoms with E-state index in [0.29, 0.717) is 10.4 Å². The van der Waals surface area contributed by atoms with E-state index in [4.69, 9.17) is 5.11 Å². The van der Waals surface area contributed by atoms with Gasteiger partial charge in [0.25, 0.3) is 5.91 Å². The highest BCUT2D eigenvalue weighted by Crippen LogP contribution is 2.42. The molecular formula is C11H14BrN3O3. The SMILES string of the molecule is CC(C)(NC(=O)c1n[nH]c(C2CC2)c1Br)C(=O)O.